The van der Waals surface area contributed by atoms with E-state index in [4.69, 9.17) is 0 Å². The van der Waals surface area contributed by atoms with Gasteiger partial charge in [-0.15, -0.1) is 0 Å². The van der Waals surface area contributed by atoms with E-state index in [-0.39, 0.29) is 11.9 Å². The maximum absolute atomic E-state index is 12.3. The molecule has 118 valence electrons. The lowest BCUT2D eigenvalue weighted by molar-refractivity contribution is 0.0936. The van der Waals surface area contributed by atoms with Gasteiger partial charge in [0.1, 0.15) is 5.82 Å². The van der Waals surface area contributed by atoms with Gasteiger partial charge in [-0.05, 0) is 59.5 Å². The van der Waals surface area contributed by atoms with Gasteiger partial charge in [0.2, 0.25) is 0 Å². The number of anilines is 1. The molecule has 0 saturated carbocycles. The van der Waals surface area contributed by atoms with Crippen molar-refractivity contribution in [2.45, 2.75) is 39.7 Å². The van der Waals surface area contributed by atoms with Gasteiger partial charge in [0.15, 0.2) is 0 Å². The van der Waals surface area contributed by atoms with Crippen LogP contribution in [0, 0.1) is 6.92 Å². The van der Waals surface area contributed by atoms with Crippen LogP contribution in [0.25, 0.3) is 0 Å². The van der Waals surface area contributed by atoms with Crippen LogP contribution in [0.3, 0.4) is 0 Å². The molecule has 0 aliphatic rings. The summed E-state index contributed by atoms with van der Waals surface area (Å²) in [7, 11) is 4.07. The molecule has 1 rings (SSSR count). The van der Waals surface area contributed by atoms with Crippen molar-refractivity contribution in [3.05, 3.63) is 23.4 Å². The van der Waals surface area contributed by atoms with Gasteiger partial charge < -0.3 is 15.5 Å². The van der Waals surface area contributed by atoms with Crippen molar-refractivity contribution in [1.82, 2.24) is 15.2 Å². The second-order valence-corrected chi connectivity index (χ2v) is 5.78. The summed E-state index contributed by atoms with van der Waals surface area (Å²) in [4.78, 5) is 18.8. The van der Waals surface area contributed by atoms with Crippen LogP contribution in [0.5, 0.6) is 0 Å². The van der Waals surface area contributed by atoms with E-state index in [2.05, 4.69) is 27.4 Å². The van der Waals surface area contributed by atoms with E-state index in [0.717, 1.165) is 37.4 Å². The molecule has 0 aliphatic carbocycles. The number of nitrogens with zero attached hydrogens (tertiary/aromatic N) is 2. The van der Waals surface area contributed by atoms with Crippen molar-refractivity contribution in [3.8, 4) is 0 Å². The number of aromatic nitrogens is 1. The minimum atomic E-state index is -0.0358. The fraction of sp³-hybridized carbons (Fsp3) is 0.625. The summed E-state index contributed by atoms with van der Waals surface area (Å²) in [5.41, 5.74) is 1.51. The van der Waals surface area contributed by atoms with Crippen LogP contribution >= 0.6 is 0 Å². The molecule has 5 nitrogen and oxygen atoms in total. The average Bonchev–Trinajstić information content (AvgIpc) is 2.42. The number of hydrogen-bond acceptors (Lipinski definition) is 4. The summed E-state index contributed by atoms with van der Waals surface area (Å²) in [6.07, 6.45) is 1.96. The van der Waals surface area contributed by atoms with Gasteiger partial charge in [0, 0.05) is 23.8 Å². The molecule has 0 aliphatic heterocycles. The smallest absolute Gasteiger partial charge is 0.251 e. The predicted molar refractivity (Wildman–Crippen MR) is 87.9 cm³/mol. The molecule has 0 radical (unpaired) electrons. The molecule has 2 N–H and O–H groups in total. The highest BCUT2D eigenvalue weighted by Crippen LogP contribution is 2.11. The zero-order valence-corrected chi connectivity index (χ0v) is 13.9. The lowest BCUT2D eigenvalue weighted by atomic mass is 10.1. The summed E-state index contributed by atoms with van der Waals surface area (Å²) in [5, 5.41) is 6.27. The number of amides is 1. The number of hydrogen-bond donors (Lipinski definition) is 2. The second kappa shape index (κ2) is 8.62. The van der Waals surface area contributed by atoms with Crippen molar-refractivity contribution in [2.24, 2.45) is 0 Å². The molecule has 1 atom stereocenters. The third-order valence-electron chi connectivity index (χ3n) is 3.16. The quantitative estimate of drug-likeness (QED) is 0.772. The van der Waals surface area contributed by atoms with Crippen molar-refractivity contribution in [1.29, 1.82) is 0 Å². The fourth-order valence-corrected chi connectivity index (χ4v) is 1.97. The molecule has 0 aromatic carbocycles. The van der Waals surface area contributed by atoms with Gasteiger partial charge >= 0.3 is 0 Å². The van der Waals surface area contributed by atoms with Crippen LogP contribution in [0.2, 0.25) is 0 Å². The minimum absolute atomic E-state index is 0.0358. The number of pyridine rings is 1. The van der Waals surface area contributed by atoms with E-state index in [1.54, 1.807) is 0 Å². The number of rotatable bonds is 8. The summed E-state index contributed by atoms with van der Waals surface area (Å²) in [6.45, 7) is 7.86. The molecule has 1 aromatic rings. The Morgan fingerprint density at radius 3 is 2.71 bits per heavy atom. The third-order valence-corrected chi connectivity index (χ3v) is 3.16. The van der Waals surface area contributed by atoms with Crippen LogP contribution in [0.4, 0.5) is 5.82 Å². The molecule has 1 unspecified atom stereocenters. The SMILES string of the molecule is CCCNc1cc(C(=O)NC(C)CCN(C)C)cc(C)n1. The Morgan fingerprint density at radius 1 is 1.38 bits per heavy atom. The number of nitrogens with one attached hydrogen (secondary N) is 2. The molecule has 1 aromatic heterocycles. The van der Waals surface area contributed by atoms with Crippen molar-refractivity contribution >= 4 is 11.7 Å². The number of carbonyl (C=O) groups is 1. The zero-order valence-electron chi connectivity index (χ0n) is 13.9. The number of carbonyl (C=O) groups excluding carboxylic acids is 1. The average molecular weight is 292 g/mol. The Labute approximate surface area is 128 Å². The Balaban J connectivity index is 2.66. The van der Waals surface area contributed by atoms with Crippen LogP contribution in [-0.4, -0.2) is 49.0 Å². The van der Waals surface area contributed by atoms with Gasteiger partial charge in [-0.1, -0.05) is 6.92 Å². The highest BCUT2D eigenvalue weighted by Gasteiger charge is 2.12. The molecule has 5 heteroatoms. The van der Waals surface area contributed by atoms with Gasteiger partial charge in [-0.25, -0.2) is 4.98 Å². The first-order valence-electron chi connectivity index (χ1n) is 7.60. The summed E-state index contributed by atoms with van der Waals surface area (Å²) >= 11 is 0. The van der Waals surface area contributed by atoms with E-state index >= 15 is 0 Å². The normalized spacial score (nSPS) is 12.3. The van der Waals surface area contributed by atoms with Gasteiger partial charge in [0.05, 0.1) is 0 Å². The second-order valence-electron chi connectivity index (χ2n) is 5.78. The first-order valence-corrected chi connectivity index (χ1v) is 7.60. The molecule has 1 amide bonds. The molecule has 0 saturated heterocycles. The Hall–Kier alpha value is -1.62. The molecule has 0 fully saturated rings. The van der Waals surface area contributed by atoms with Crippen LogP contribution in [-0.2, 0) is 0 Å². The van der Waals surface area contributed by atoms with E-state index < -0.39 is 0 Å². The summed E-state index contributed by atoms with van der Waals surface area (Å²) < 4.78 is 0. The minimum Gasteiger partial charge on any atom is -0.370 e. The number of aryl methyl sites for hydroxylation is 1. The monoisotopic (exact) mass is 292 g/mol. The van der Waals surface area contributed by atoms with Gasteiger partial charge in [-0.2, -0.15) is 0 Å². The highest BCUT2D eigenvalue weighted by molar-refractivity contribution is 5.95. The molecule has 0 spiro atoms. The van der Waals surface area contributed by atoms with Gasteiger partial charge in [0.25, 0.3) is 5.91 Å². The zero-order chi connectivity index (χ0) is 15.8. The maximum Gasteiger partial charge on any atom is 0.251 e. The molecular weight excluding hydrogens is 264 g/mol. The summed E-state index contributed by atoms with van der Waals surface area (Å²) in [6, 6.07) is 3.79. The first-order chi connectivity index (χ1) is 9.92. The van der Waals surface area contributed by atoms with Crippen LogP contribution in [0.15, 0.2) is 12.1 Å². The van der Waals surface area contributed by atoms with Crippen molar-refractivity contribution in [3.63, 3.8) is 0 Å². The fourth-order valence-electron chi connectivity index (χ4n) is 1.97. The van der Waals surface area contributed by atoms with E-state index in [0.29, 0.717) is 5.56 Å². The molecule has 0 bridgehead atoms. The first kappa shape index (κ1) is 17.4. The van der Waals surface area contributed by atoms with E-state index in [1.165, 1.54) is 0 Å². The van der Waals surface area contributed by atoms with Crippen molar-refractivity contribution in [2.75, 3.05) is 32.5 Å². The Bertz CT molecular complexity index is 460. The largest absolute Gasteiger partial charge is 0.370 e. The van der Waals surface area contributed by atoms with Crippen molar-refractivity contribution < 1.29 is 4.79 Å². The Morgan fingerprint density at radius 2 is 2.10 bits per heavy atom. The summed E-state index contributed by atoms with van der Waals surface area (Å²) in [5.74, 6) is 0.731. The lowest BCUT2D eigenvalue weighted by Crippen LogP contribution is -2.34. The van der Waals surface area contributed by atoms with Crippen LogP contribution < -0.4 is 10.6 Å². The third kappa shape index (κ3) is 6.58. The standard InChI is InChI=1S/C16H28N4O/c1-6-8-17-15-11-14(10-13(3)18-15)16(21)19-12(2)7-9-20(4)5/h10-12H,6-9H2,1-5H3,(H,17,18)(H,19,21). The molecule has 1 heterocycles. The lowest BCUT2D eigenvalue weighted by Gasteiger charge is -2.17. The Kier molecular flexibility index (Phi) is 7.15. The molecule has 21 heavy (non-hydrogen) atoms. The van der Waals surface area contributed by atoms with Gasteiger partial charge in [-0.3, -0.25) is 4.79 Å². The predicted octanol–water partition coefficient (Wildman–Crippen LogP) is 2.28. The maximum atomic E-state index is 12.3. The van der Waals surface area contributed by atoms with E-state index in [9.17, 15) is 4.79 Å². The van der Waals surface area contributed by atoms with E-state index in [1.807, 2.05) is 40.1 Å². The highest BCUT2D eigenvalue weighted by atomic mass is 16.1. The van der Waals surface area contributed by atoms with Crippen LogP contribution in [0.1, 0.15) is 42.7 Å². The topological polar surface area (TPSA) is 57.3 Å². The molecular formula is C16H28N4O.